The molecule has 1 aliphatic carbocycles. The molecule has 0 aromatic carbocycles. The Balaban J connectivity index is 2.15. The second-order valence-electron chi connectivity index (χ2n) is 7.26. The predicted octanol–water partition coefficient (Wildman–Crippen LogP) is 4.74. The SMILES string of the molecule is CC1CC(C)CC(Oc2cc(Br)nc(C(C)(C)C)n2)C1. The molecular formula is C16H25BrN2O. The van der Waals surface area contributed by atoms with Gasteiger partial charge in [-0.25, -0.2) is 4.98 Å². The van der Waals surface area contributed by atoms with Gasteiger partial charge in [-0.2, -0.15) is 4.98 Å². The average molecular weight is 341 g/mol. The van der Waals surface area contributed by atoms with Crippen molar-refractivity contribution in [2.45, 2.75) is 65.4 Å². The lowest BCUT2D eigenvalue weighted by molar-refractivity contribution is 0.0959. The number of ether oxygens (including phenoxy) is 1. The van der Waals surface area contributed by atoms with Gasteiger partial charge in [-0.15, -0.1) is 0 Å². The normalized spacial score (nSPS) is 27.4. The molecule has 0 amide bonds. The van der Waals surface area contributed by atoms with E-state index >= 15 is 0 Å². The third kappa shape index (κ3) is 4.18. The van der Waals surface area contributed by atoms with Gasteiger partial charge in [-0.3, -0.25) is 0 Å². The first kappa shape index (κ1) is 15.7. The Morgan fingerprint density at radius 3 is 2.25 bits per heavy atom. The van der Waals surface area contributed by atoms with Gasteiger partial charge in [0.1, 0.15) is 16.5 Å². The van der Waals surface area contributed by atoms with Crippen LogP contribution in [0.25, 0.3) is 0 Å². The fraction of sp³-hybridized carbons (Fsp3) is 0.750. The maximum absolute atomic E-state index is 6.13. The summed E-state index contributed by atoms with van der Waals surface area (Å²) in [4.78, 5) is 9.04. The van der Waals surface area contributed by atoms with Gasteiger partial charge < -0.3 is 4.74 Å². The topological polar surface area (TPSA) is 35.0 Å². The highest BCUT2D eigenvalue weighted by molar-refractivity contribution is 9.10. The van der Waals surface area contributed by atoms with Crippen molar-refractivity contribution < 1.29 is 4.74 Å². The minimum Gasteiger partial charge on any atom is -0.474 e. The van der Waals surface area contributed by atoms with Crippen LogP contribution < -0.4 is 4.74 Å². The van der Waals surface area contributed by atoms with Crippen LogP contribution in [0.1, 0.15) is 59.7 Å². The van der Waals surface area contributed by atoms with Gasteiger partial charge in [0.2, 0.25) is 5.88 Å². The number of halogens is 1. The molecule has 4 heteroatoms. The minimum absolute atomic E-state index is 0.0744. The van der Waals surface area contributed by atoms with Crippen molar-refractivity contribution in [2.24, 2.45) is 11.8 Å². The van der Waals surface area contributed by atoms with E-state index in [4.69, 9.17) is 4.74 Å². The number of nitrogens with zero attached hydrogens (tertiary/aromatic N) is 2. The quantitative estimate of drug-likeness (QED) is 0.729. The third-order valence-corrected chi connectivity index (χ3v) is 4.17. The Hall–Kier alpha value is -0.640. The Morgan fingerprint density at radius 2 is 1.70 bits per heavy atom. The Labute approximate surface area is 130 Å². The number of aromatic nitrogens is 2. The Bertz CT molecular complexity index is 460. The molecule has 3 nitrogen and oxygen atoms in total. The molecule has 2 unspecified atom stereocenters. The molecule has 112 valence electrons. The lowest BCUT2D eigenvalue weighted by atomic mass is 9.82. The highest BCUT2D eigenvalue weighted by atomic mass is 79.9. The first-order chi connectivity index (χ1) is 9.24. The molecule has 1 aromatic rings. The summed E-state index contributed by atoms with van der Waals surface area (Å²) in [5.74, 6) is 2.98. The zero-order valence-corrected chi connectivity index (χ0v) is 14.7. The van der Waals surface area contributed by atoms with Crippen LogP contribution in [0.5, 0.6) is 5.88 Å². The molecule has 0 spiro atoms. The summed E-state index contributed by atoms with van der Waals surface area (Å²) >= 11 is 3.46. The zero-order valence-electron chi connectivity index (χ0n) is 13.1. The van der Waals surface area contributed by atoms with E-state index in [1.165, 1.54) is 6.42 Å². The van der Waals surface area contributed by atoms with E-state index in [0.29, 0.717) is 5.88 Å². The molecule has 2 rings (SSSR count). The summed E-state index contributed by atoms with van der Waals surface area (Å²) in [6, 6.07) is 1.87. The average Bonchev–Trinajstić information content (AvgIpc) is 2.25. The molecule has 0 aliphatic heterocycles. The van der Waals surface area contributed by atoms with Crippen LogP contribution in [0.3, 0.4) is 0 Å². The fourth-order valence-corrected chi connectivity index (χ4v) is 3.30. The lowest BCUT2D eigenvalue weighted by Crippen LogP contribution is -2.29. The van der Waals surface area contributed by atoms with Crippen molar-refractivity contribution in [3.8, 4) is 5.88 Å². The van der Waals surface area contributed by atoms with Gasteiger partial charge >= 0.3 is 0 Å². The van der Waals surface area contributed by atoms with Crippen LogP contribution in [0.15, 0.2) is 10.7 Å². The number of hydrogen-bond donors (Lipinski definition) is 0. The summed E-state index contributed by atoms with van der Waals surface area (Å²) in [5, 5.41) is 0. The monoisotopic (exact) mass is 340 g/mol. The van der Waals surface area contributed by atoms with Gasteiger partial charge in [0.05, 0.1) is 0 Å². The first-order valence-corrected chi connectivity index (χ1v) is 8.25. The van der Waals surface area contributed by atoms with Crippen LogP contribution >= 0.6 is 15.9 Å². The van der Waals surface area contributed by atoms with Crippen molar-refractivity contribution in [2.75, 3.05) is 0 Å². The highest BCUT2D eigenvalue weighted by Crippen LogP contribution is 2.32. The van der Waals surface area contributed by atoms with Gasteiger partial charge in [0.15, 0.2) is 0 Å². The van der Waals surface area contributed by atoms with Crippen molar-refractivity contribution in [3.05, 3.63) is 16.5 Å². The summed E-state index contributed by atoms with van der Waals surface area (Å²) in [6.45, 7) is 11.0. The van der Waals surface area contributed by atoms with E-state index in [0.717, 1.165) is 35.1 Å². The highest BCUT2D eigenvalue weighted by Gasteiger charge is 2.26. The summed E-state index contributed by atoms with van der Waals surface area (Å²) < 4.78 is 6.93. The first-order valence-electron chi connectivity index (χ1n) is 7.45. The molecule has 0 N–H and O–H groups in total. The predicted molar refractivity (Wildman–Crippen MR) is 85.0 cm³/mol. The largest absolute Gasteiger partial charge is 0.474 e. The van der Waals surface area contributed by atoms with Crippen molar-refractivity contribution in [1.82, 2.24) is 9.97 Å². The maximum Gasteiger partial charge on any atom is 0.218 e. The molecular weight excluding hydrogens is 316 g/mol. The summed E-state index contributed by atoms with van der Waals surface area (Å²) in [6.07, 6.45) is 3.83. The van der Waals surface area contributed by atoms with Crippen LogP contribution in [-0.2, 0) is 5.41 Å². The Kier molecular flexibility index (Phi) is 4.73. The molecule has 0 radical (unpaired) electrons. The van der Waals surface area contributed by atoms with E-state index in [1.807, 2.05) is 6.07 Å². The fourth-order valence-electron chi connectivity index (χ4n) is 2.93. The molecule has 20 heavy (non-hydrogen) atoms. The van der Waals surface area contributed by atoms with Crippen molar-refractivity contribution >= 4 is 15.9 Å². The van der Waals surface area contributed by atoms with E-state index in [9.17, 15) is 0 Å². The molecule has 0 bridgehead atoms. The van der Waals surface area contributed by atoms with E-state index in [-0.39, 0.29) is 11.5 Å². The van der Waals surface area contributed by atoms with Crippen molar-refractivity contribution in [1.29, 1.82) is 0 Å². The summed E-state index contributed by atoms with van der Waals surface area (Å²) in [7, 11) is 0. The van der Waals surface area contributed by atoms with Gasteiger partial charge in [0.25, 0.3) is 0 Å². The lowest BCUT2D eigenvalue weighted by Gasteiger charge is -2.31. The zero-order chi connectivity index (χ0) is 14.9. The number of hydrogen-bond acceptors (Lipinski definition) is 3. The second-order valence-corrected chi connectivity index (χ2v) is 8.07. The van der Waals surface area contributed by atoms with Crippen LogP contribution in [0, 0.1) is 11.8 Å². The van der Waals surface area contributed by atoms with E-state index in [2.05, 4.69) is 60.5 Å². The molecule has 1 saturated carbocycles. The molecule has 1 aromatic heterocycles. The Morgan fingerprint density at radius 1 is 1.10 bits per heavy atom. The maximum atomic E-state index is 6.13. The van der Waals surface area contributed by atoms with Crippen molar-refractivity contribution in [3.63, 3.8) is 0 Å². The van der Waals surface area contributed by atoms with Gasteiger partial charge in [-0.1, -0.05) is 34.6 Å². The molecule has 1 heterocycles. The standard InChI is InChI=1S/C16H25BrN2O/c1-10-6-11(2)8-12(7-10)20-14-9-13(17)18-15(19-14)16(3,4)5/h9-12H,6-8H2,1-5H3. The number of rotatable bonds is 2. The van der Waals surface area contributed by atoms with Gasteiger partial charge in [-0.05, 0) is 47.0 Å². The smallest absolute Gasteiger partial charge is 0.218 e. The minimum atomic E-state index is -0.0744. The molecule has 1 aliphatic rings. The van der Waals surface area contributed by atoms with E-state index in [1.54, 1.807) is 0 Å². The third-order valence-electron chi connectivity index (χ3n) is 3.76. The molecule has 2 atom stereocenters. The second kappa shape index (κ2) is 6.00. The molecule has 1 fully saturated rings. The summed E-state index contributed by atoms with van der Waals surface area (Å²) in [5.41, 5.74) is -0.0744. The molecule has 0 saturated heterocycles. The van der Waals surface area contributed by atoms with Crippen LogP contribution in [-0.4, -0.2) is 16.1 Å². The van der Waals surface area contributed by atoms with E-state index < -0.39 is 0 Å². The van der Waals surface area contributed by atoms with Gasteiger partial charge in [0, 0.05) is 11.5 Å². The van der Waals surface area contributed by atoms with Crippen LogP contribution in [0.2, 0.25) is 0 Å². The van der Waals surface area contributed by atoms with Crippen LogP contribution in [0.4, 0.5) is 0 Å².